The van der Waals surface area contributed by atoms with Gasteiger partial charge < -0.3 is 14.0 Å². The van der Waals surface area contributed by atoms with Crippen LogP contribution in [0.2, 0.25) is 0 Å². The number of aliphatic imine (C=N–C) groups is 2. The molecule has 1 aliphatic heterocycles. The van der Waals surface area contributed by atoms with Crippen LogP contribution < -0.4 is 0 Å². The molecule has 57 heavy (non-hydrogen) atoms. The number of hydrogen-bond donors (Lipinski definition) is 0. The third-order valence-electron chi connectivity index (χ3n) is 11.4. The van der Waals surface area contributed by atoms with E-state index in [1.54, 1.807) is 0 Å². The van der Waals surface area contributed by atoms with Gasteiger partial charge >= 0.3 is 0 Å². The summed E-state index contributed by atoms with van der Waals surface area (Å²) in [4.78, 5) is 12.5. The lowest BCUT2D eigenvalue weighted by atomic mass is 10.0. The molecule has 0 bridgehead atoms. The van der Waals surface area contributed by atoms with E-state index < -0.39 is 0 Å². The largest absolute Gasteiger partial charge is 0.333 e. The fraction of sp³-hybridized carbons (Fsp3) is 0.0385. The topological polar surface area (TPSA) is 37.8 Å². The Bertz CT molecular complexity index is 3170. The average Bonchev–Trinajstić information content (AvgIpc) is 3.80. The molecule has 8 aromatic carbocycles. The van der Waals surface area contributed by atoms with Gasteiger partial charge in [0.1, 0.15) is 12.0 Å². The molecule has 10 aromatic rings. The summed E-state index contributed by atoms with van der Waals surface area (Å²) in [5, 5.41) is 4.95. The molecule has 0 saturated heterocycles. The van der Waals surface area contributed by atoms with Crippen molar-refractivity contribution >= 4 is 55.3 Å². The van der Waals surface area contributed by atoms with E-state index in [2.05, 4.69) is 209 Å². The fourth-order valence-corrected chi connectivity index (χ4v) is 8.64. The minimum absolute atomic E-state index is 0.191. The van der Waals surface area contributed by atoms with Gasteiger partial charge in [-0.1, -0.05) is 127 Å². The van der Waals surface area contributed by atoms with Gasteiger partial charge in [-0.05, 0) is 89.5 Å². The van der Waals surface area contributed by atoms with E-state index >= 15 is 0 Å². The third kappa shape index (κ3) is 5.47. The van der Waals surface area contributed by atoms with E-state index in [-0.39, 0.29) is 6.17 Å². The van der Waals surface area contributed by atoms with E-state index in [4.69, 9.17) is 9.98 Å². The molecule has 5 nitrogen and oxygen atoms in total. The van der Waals surface area contributed by atoms with Crippen LogP contribution in [0.1, 0.15) is 22.9 Å². The molecule has 270 valence electrons. The number of fused-ring (bicyclic) bond motifs is 6. The van der Waals surface area contributed by atoms with Crippen LogP contribution in [0, 0.1) is 0 Å². The molecular formula is C52H37N5. The van der Waals surface area contributed by atoms with Crippen molar-refractivity contribution in [2.45, 2.75) is 6.17 Å². The lowest BCUT2D eigenvalue weighted by Crippen LogP contribution is -2.35. The molecule has 5 heteroatoms. The maximum Gasteiger partial charge on any atom is 0.159 e. The SMILES string of the molecule is CN1C(c2ccccc2)=NC(c2ccc(-n3c4ccccc4c4cc(-c5ccc6c(c5)c5ccccc5n6-c5ccccc5)ccc43)cc2)=NC1c1ccccc1. The molecule has 0 fully saturated rings. The Morgan fingerprint density at radius 1 is 0.386 bits per heavy atom. The fourth-order valence-electron chi connectivity index (χ4n) is 8.64. The van der Waals surface area contributed by atoms with Crippen LogP contribution in [0.5, 0.6) is 0 Å². The van der Waals surface area contributed by atoms with E-state index in [0.717, 1.165) is 34.0 Å². The van der Waals surface area contributed by atoms with Crippen LogP contribution in [0.15, 0.2) is 210 Å². The average molecular weight is 732 g/mol. The first-order valence-electron chi connectivity index (χ1n) is 19.4. The molecule has 3 heterocycles. The summed E-state index contributed by atoms with van der Waals surface area (Å²) in [5.41, 5.74) is 12.6. The number of benzene rings is 8. The predicted octanol–water partition coefficient (Wildman–Crippen LogP) is 12.4. The van der Waals surface area contributed by atoms with Gasteiger partial charge in [0.15, 0.2) is 5.84 Å². The molecule has 1 aliphatic rings. The van der Waals surface area contributed by atoms with Crippen LogP contribution >= 0.6 is 0 Å². The van der Waals surface area contributed by atoms with Gasteiger partial charge in [-0.3, -0.25) is 0 Å². The summed E-state index contributed by atoms with van der Waals surface area (Å²) < 4.78 is 4.74. The number of hydrogen-bond acceptors (Lipinski definition) is 3. The highest BCUT2D eigenvalue weighted by atomic mass is 15.3. The number of para-hydroxylation sites is 3. The van der Waals surface area contributed by atoms with Crippen molar-refractivity contribution < 1.29 is 0 Å². The quantitative estimate of drug-likeness (QED) is 0.168. The second-order valence-corrected chi connectivity index (χ2v) is 14.7. The Morgan fingerprint density at radius 3 is 1.42 bits per heavy atom. The van der Waals surface area contributed by atoms with Gasteiger partial charge in [-0.2, -0.15) is 0 Å². The smallest absolute Gasteiger partial charge is 0.159 e. The molecule has 0 radical (unpaired) electrons. The Hall–Kier alpha value is -7.50. The lowest BCUT2D eigenvalue weighted by Gasteiger charge is -2.32. The van der Waals surface area contributed by atoms with Crippen LogP contribution in [0.3, 0.4) is 0 Å². The minimum atomic E-state index is -0.191. The highest BCUT2D eigenvalue weighted by Crippen LogP contribution is 2.38. The summed E-state index contributed by atoms with van der Waals surface area (Å²) in [5.74, 6) is 1.63. The first-order valence-corrected chi connectivity index (χ1v) is 19.4. The van der Waals surface area contributed by atoms with E-state index in [1.807, 2.05) is 12.1 Å². The van der Waals surface area contributed by atoms with Crippen LogP contribution in [-0.2, 0) is 0 Å². The van der Waals surface area contributed by atoms with Gasteiger partial charge in [0.05, 0.1) is 22.1 Å². The van der Waals surface area contributed by atoms with Crippen LogP contribution in [-0.4, -0.2) is 32.8 Å². The molecule has 0 amide bonds. The minimum Gasteiger partial charge on any atom is -0.333 e. The first-order chi connectivity index (χ1) is 28.2. The summed E-state index contributed by atoms with van der Waals surface area (Å²) in [7, 11) is 2.07. The molecule has 1 atom stereocenters. The van der Waals surface area contributed by atoms with Crippen molar-refractivity contribution in [2.75, 3.05) is 7.05 Å². The second-order valence-electron chi connectivity index (χ2n) is 14.7. The molecule has 1 unspecified atom stereocenters. The van der Waals surface area contributed by atoms with Crippen molar-refractivity contribution in [1.29, 1.82) is 0 Å². The van der Waals surface area contributed by atoms with Gasteiger partial charge in [-0.15, -0.1) is 0 Å². The van der Waals surface area contributed by atoms with Crippen molar-refractivity contribution in [3.05, 3.63) is 217 Å². The van der Waals surface area contributed by atoms with E-state index in [0.29, 0.717) is 0 Å². The molecule has 0 spiro atoms. The number of amidine groups is 2. The van der Waals surface area contributed by atoms with Gasteiger partial charge in [0.2, 0.25) is 0 Å². The highest BCUT2D eigenvalue weighted by molar-refractivity contribution is 6.14. The zero-order chi connectivity index (χ0) is 37.9. The molecule has 0 N–H and O–H groups in total. The molecule has 0 aliphatic carbocycles. The number of aromatic nitrogens is 2. The Morgan fingerprint density at radius 2 is 0.842 bits per heavy atom. The van der Waals surface area contributed by atoms with E-state index in [9.17, 15) is 0 Å². The molecule has 2 aromatic heterocycles. The number of rotatable bonds is 6. The van der Waals surface area contributed by atoms with Gasteiger partial charge in [0, 0.05) is 51.1 Å². The zero-order valence-electron chi connectivity index (χ0n) is 31.4. The Balaban J connectivity index is 0.999. The summed E-state index contributed by atoms with van der Waals surface area (Å²) in [6, 6.07) is 71.4. The van der Waals surface area contributed by atoms with Crippen molar-refractivity contribution in [3.8, 4) is 22.5 Å². The Kier molecular flexibility index (Phi) is 7.71. The monoisotopic (exact) mass is 731 g/mol. The van der Waals surface area contributed by atoms with Crippen molar-refractivity contribution in [3.63, 3.8) is 0 Å². The molecular weight excluding hydrogens is 695 g/mol. The van der Waals surface area contributed by atoms with Crippen LogP contribution in [0.25, 0.3) is 66.1 Å². The van der Waals surface area contributed by atoms with Gasteiger partial charge in [0.25, 0.3) is 0 Å². The summed E-state index contributed by atoms with van der Waals surface area (Å²) >= 11 is 0. The predicted molar refractivity (Wildman–Crippen MR) is 237 cm³/mol. The third-order valence-corrected chi connectivity index (χ3v) is 11.4. The molecule has 0 saturated carbocycles. The first kappa shape index (κ1) is 32.9. The summed E-state index contributed by atoms with van der Waals surface area (Å²) in [6.07, 6.45) is -0.191. The maximum atomic E-state index is 5.21. The lowest BCUT2D eigenvalue weighted by molar-refractivity contribution is 0.383. The van der Waals surface area contributed by atoms with Crippen molar-refractivity contribution in [1.82, 2.24) is 14.0 Å². The van der Waals surface area contributed by atoms with E-state index in [1.165, 1.54) is 60.4 Å². The standard InChI is InChI=1S/C52H37N5/c1-55-51(36-15-5-2-6-16-36)53-50(54-52(55)37-17-7-3-8-18-37)35-25-29-41(30-26-35)57-47-24-14-12-22-43(47)45-34-39(28-32-49(45)57)38-27-31-48-44(33-38)42-21-11-13-23-46(42)56(48)40-19-9-4-10-20-40/h2-34,51H,1H3. The summed E-state index contributed by atoms with van der Waals surface area (Å²) in [6.45, 7) is 0. The number of nitrogens with zero attached hydrogens (tertiary/aromatic N) is 5. The van der Waals surface area contributed by atoms with Crippen LogP contribution in [0.4, 0.5) is 0 Å². The zero-order valence-corrected chi connectivity index (χ0v) is 31.4. The normalized spacial score (nSPS) is 14.4. The highest BCUT2D eigenvalue weighted by Gasteiger charge is 2.26. The van der Waals surface area contributed by atoms with Gasteiger partial charge in [-0.25, -0.2) is 9.98 Å². The van der Waals surface area contributed by atoms with Crippen molar-refractivity contribution in [2.24, 2.45) is 9.98 Å². The second kappa shape index (κ2) is 13.4. The Labute approximate surface area is 330 Å². The maximum absolute atomic E-state index is 5.21. The molecule has 11 rings (SSSR count).